The third-order valence-corrected chi connectivity index (χ3v) is 2.55. The molecule has 0 saturated heterocycles. The molecule has 1 heterocycles. The van der Waals surface area contributed by atoms with Crippen LogP contribution in [0.2, 0.25) is 0 Å². The number of benzene rings is 1. The molecule has 2 rings (SSSR count). The molecule has 0 atom stereocenters. The third kappa shape index (κ3) is 1.16. The maximum atomic E-state index is 13.2. The number of ether oxygens (including phenoxy) is 1. The van der Waals surface area contributed by atoms with Gasteiger partial charge >= 0.3 is 0 Å². The molecule has 74 valence electrons. The van der Waals surface area contributed by atoms with Crippen LogP contribution >= 0.6 is 0 Å². The van der Waals surface area contributed by atoms with Crippen molar-refractivity contribution in [1.29, 1.82) is 0 Å². The van der Waals surface area contributed by atoms with Gasteiger partial charge in [0.15, 0.2) is 0 Å². The van der Waals surface area contributed by atoms with Crippen molar-refractivity contribution in [1.82, 2.24) is 4.57 Å². The van der Waals surface area contributed by atoms with E-state index >= 15 is 0 Å². The van der Waals surface area contributed by atoms with E-state index in [-0.39, 0.29) is 5.82 Å². The van der Waals surface area contributed by atoms with Crippen molar-refractivity contribution >= 4 is 10.9 Å². The summed E-state index contributed by atoms with van der Waals surface area (Å²) in [5, 5.41) is 0.953. The van der Waals surface area contributed by atoms with E-state index in [1.165, 1.54) is 12.1 Å². The van der Waals surface area contributed by atoms with E-state index in [2.05, 4.69) is 0 Å². The lowest BCUT2D eigenvalue weighted by Gasteiger charge is -2.03. The van der Waals surface area contributed by atoms with Crippen molar-refractivity contribution in [2.45, 2.75) is 6.92 Å². The number of hydrogen-bond donors (Lipinski definition) is 0. The van der Waals surface area contributed by atoms with Crippen LogP contribution in [0.1, 0.15) is 5.69 Å². The SMILES string of the molecule is COc1cc(F)cc2c1cc(C)n2C. The van der Waals surface area contributed by atoms with E-state index in [0.717, 1.165) is 16.6 Å². The Hall–Kier alpha value is -1.51. The van der Waals surface area contributed by atoms with Crippen LogP contribution in [0, 0.1) is 12.7 Å². The summed E-state index contributed by atoms with van der Waals surface area (Å²) in [6.45, 7) is 1.98. The molecule has 1 aromatic carbocycles. The Bertz CT molecular complexity index is 487. The van der Waals surface area contributed by atoms with E-state index in [1.54, 1.807) is 7.11 Å². The van der Waals surface area contributed by atoms with Crippen molar-refractivity contribution in [3.63, 3.8) is 0 Å². The Balaban J connectivity index is 2.87. The van der Waals surface area contributed by atoms with Crippen molar-refractivity contribution in [3.05, 3.63) is 29.7 Å². The minimum absolute atomic E-state index is 0.268. The molecular weight excluding hydrogens is 181 g/mol. The summed E-state index contributed by atoms with van der Waals surface area (Å²) in [7, 11) is 3.47. The molecule has 1 aromatic heterocycles. The van der Waals surface area contributed by atoms with Gasteiger partial charge in [-0.05, 0) is 19.1 Å². The van der Waals surface area contributed by atoms with Crippen LogP contribution in [-0.2, 0) is 7.05 Å². The standard InChI is InChI=1S/C11H12FNO/c1-7-4-9-10(13(7)2)5-8(12)6-11(9)14-3/h4-6H,1-3H3. The minimum Gasteiger partial charge on any atom is -0.496 e. The first-order chi connectivity index (χ1) is 6.63. The largest absolute Gasteiger partial charge is 0.496 e. The molecule has 0 fully saturated rings. The van der Waals surface area contributed by atoms with Crippen LogP contribution in [0.3, 0.4) is 0 Å². The molecule has 0 aliphatic rings. The molecule has 0 spiro atoms. The zero-order valence-corrected chi connectivity index (χ0v) is 8.47. The molecule has 0 aliphatic carbocycles. The highest BCUT2D eigenvalue weighted by Gasteiger charge is 2.09. The quantitative estimate of drug-likeness (QED) is 0.679. The zero-order valence-electron chi connectivity index (χ0n) is 8.47. The van der Waals surface area contributed by atoms with Crippen LogP contribution in [0.5, 0.6) is 5.75 Å². The predicted molar refractivity (Wildman–Crippen MR) is 54.2 cm³/mol. The van der Waals surface area contributed by atoms with E-state index in [1.807, 2.05) is 24.6 Å². The Morgan fingerprint density at radius 3 is 2.64 bits per heavy atom. The monoisotopic (exact) mass is 193 g/mol. The van der Waals surface area contributed by atoms with Gasteiger partial charge in [0, 0.05) is 24.2 Å². The molecule has 0 aliphatic heterocycles. The lowest BCUT2D eigenvalue weighted by molar-refractivity contribution is 0.416. The van der Waals surface area contributed by atoms with Crippen molar-refractivity contribution in [2.75, 3.05) is 7.11 Å². The van der Waals surface area contributed by atoms with Gasteiger partial charge in [0.2, 0.25) is 0 Å². The van der Waals surface area contributed by atoms with Gasteiger partial charge < -0.3 is 9.30 Å². The van der Waals surface area contributed by atoms with Gasteiger partial charge in [-0.15, -0.1) is 0 Å². The molecular formula is C11H12FNO. The van der Waals surface area contributed by atoms with Gasteiger partial charge in [-0.1, -0.05) is 0 Å². The second-order valence-corrected chi connectivity index (χ2v) is 3.39. The van der Waals surface area contributed by atoms with Crippen LogP contribution in [0.25, 0.3) is 10.9 Å². The molecule has 0 radical (unpaired) electrons. The van der Waals surface area contributed by atoms with Crippen molar-refractivity contribution < 1.29 is 9.13 Å². The van der Waals surface area contributed by atoms with Crippen LogP contribution < -0.4 is 4.74 Å². The first kappa shape index (κ1) is 9.06. The molecule has 0 N–H and O–H groups in total. The molecule has 2 aromatic rings. The highest BCUT2D eigenvalue weighted by molar-refractivity contribution is 5.87. The summed E-state index contributed by atoms with van der Waals surface area (Å²) in [4.78, 5) is 0. The van der Waals surface area contributed by atoms with Crippen molar-refractivity contribution in [2.24, 2.45) is 7.05 Å². The lowest BCUT2D eigenvalue weighted by atomic mass is 10.2. The van der Waals surface area contributed by atoms with Crippen LogP contribution in [0.4, 0.5) is 4.39 Å². The van der Waals surface area contributed by atoms with Crippen molar-refractivity contribution in [3.8, 4) is 5.75 Å². The Morgan fingerprint density at radius 1 is 1.29 bits per heavy atom. The molecule has 14 heavy (non-hydrogen) atoms. The normalized spacial score (nSPS) is 10.9. The van der Waals surface area contributed by atoms with Crippen LogP contribution in [0.15, 0.2) is 18.2 Å². The summed E-state index contributed by atoms with van der Waals surface area (Å²) in [5.74, 6) is 0.319. The number of methoxy groups -OCH3 is 1. The zero-order chi connectivity index (χ0) is 10.3. The fourth-order valence-electron chi connectivity index (χ4n) is 1.67. The number of aromatic nitrogens is 1. The minimum atomic E-state index is -0.268. The average Bonchev–Trinajstić information content (AvgIpc) is 2.43. The predicted octanol–water partition coefficient (Wildman–Crippen LogP) is 2.63. The first-order valence-electron chi connectivity index (χ1n) is 4.43. The highest BCUT2D eigenvalue weighted by atomic mass is 19.1. The van der Waals surface area contributed by atoms with Gasteiger partial charge in [-0.25, -0.2) is 4.39 Å². The Morgan fingerprint density at radius 2 is 2.00 bits per heavy atom. The van der Waals surface area contributed by atoms with Crippen LogP contribution in [-0.4, -0.2) is 11.7 Å². The average molecular weight is 193 g/mol. The molecule has 0 saturated carbocycles. The summed E-state index contributed by atoms with van der Waals surface area (Å²) in [5.41, 5.74) is 1.95. The van der Waals surface area contributed by atoms with E-state index < -0.39 is 0 Å². The summed E-state index contributed by atoms with van der Waals surface area (Å²) < 4.78 is 20.2. The fraction of sp³-hybridized carbons (Fsp3) is 0.273. The van der Waals surface area contributed by atoms with Gasteiger partial charge in [0.1, 0.15) is 11.6 Å². The topological polar surface area (TPSA) is 14.2 Å². The number of halogens is 1. The van der Waals surface area contributed by atoms with Gasteiger partial charge in [-0.2, -0.15) is 0 Å². The summed E-state index contributed by atoms with van der Waals surface area (Å²) >= 11 is 0. The smallest absolute Gasteiger partial charge is 0.131 e. The maximum absolute atomic E-state index is 13.2. The number of fused-ring (bicyclic) bond motifs is 1. The number of nitrogens with zero attached hydrogens (tertiary/aromatic N) is 1. The number of aryl methyl sites for hydroxylation is 2. The second-order valence-electron chi connectivity index (χ2n) is 3.39. The first-order valence-corrected chi connectivity index (χ1v) is 4.43. The third-order valence-electron chi connectivity index (χ3n) is 2.55. The maximum Gasteiger partial charge on any atom is 0.131 e. The highest BCUT2D eigenvalue weighted by Crippen LogP contribution is 2.29. The van der Waals surface area contributed by atoms with Gasteiger partial charge in [0.25, 0.3) is 0 Å². The molecule has 0 amide bonds. The van der Waals surface area contributed by atoms with Gasteiger partial charge in [-0.3, -0.25) is 0 Å². The molecule has 0 unspecified atom stereocenters. The van der Waals surface area contributed by atoms with E-state index in [9.17, 15) is 4.39 Å². The summed E-state index contributed by atoms with van der Waals surface area (Å²) in [6, 6.07) is 4.92. The summed E-state index contributed by atoms with van der Waals surface area (Å²) in [6.07, 6.45) is 0. The van der Waals surface area contributed by atoms with E-state index in [4.69, 9.17) is 4.74 Å². The van der Waals surface area contributed by atoms with E-state index in [0.29, 0.717) is 5.75 Å². The Labute approximate surface area is 81.9 Å². The molecule has 3 heteroatoms. The molecule has 0 bridgehead atoms. The van der Waals surface area contributed by atoms with Gasteiger partial charge in [0.05, 0.1) is 12.6 Å². The number of rotatable bonds is 1. The number of hydrogen-bond acceptors (Lipinski definition) is 1. The second kappa shape index (κ2) is 3.01. The fourth-order valence-corrected chi connectivity index (χ4v) is 1.67. The lowest BCUT2D eigenvalue weighted by Crippen LogP contribution is -1.91. The molecule has 2 nitrogen and oxygen atoms in total. The Kier molecular flexibility index (Phi) is 1.95.